The molecule has 2 N–H and O–H groups in total. The van der Waals surface area contributed by atoms with E-state index in [1.54, 1.807) is 0 Å². The van der Waals surface area contributed by atoms with Crippen molar-refractivity contribution in [3.63, 3.8) is 0 Å². The molecule has 0 unspecified atom stereocenters. The topological polar surface area (TPSA) is 56.7 Å². The number of benzene rings is 1. The number of anilines is 1. The lowest BCUT2D eigenvalue weighted by atomic mass is 10.1. The van der Waals surface area contributed by atoms with Gasteiger partial charge in [0.2, 0.25) is 5.95 Å². The van der Waals surface area contributed by atoms with Crippen LogP contribution >= 0.6 is 0 Å². The van der Waals surface area contributed by atoms with Gasteiger partial charge in [-0.1, -0.05) is 25.5 Å². The summed E-state index contributed by atoms with van der Waals surface area (Å²) in [5, 5.41) is 0. The Morgan fingerprint density at radius 1 is 1.05 bits per heavy atom. The van der Waals surface area contributed by atoms with Crippen LogP contribution in [-0.2, 0) is 6.42 Å². The molecule has 3 aromatic rings. The molecule has 0 saturated heterocycles. The molecular formula is C17H20N4. The van der Waals surface area contributed by atoms with Crippen LogP contribution < -0.4 is 5.73 Å². The number of fused-ring (bicyclic) bond motifs is 1. The Morgan fingerprint density at radius 3 is 2.52 bits per heavy atom. The van der Waals surface area contributed by atoms with E-state index in [1.165, 1.54) is 18.4 Å². The highest BCUT2D eigenvalue weighted by Gasteiger charge is 2.11. The molecule has 4 heteroatoms. The lowest BCUT2D eigenvalue weighted by Gasteiger charge is -2.07. The van der Waals surface area contributed by atoms with E-state index in [-0.39, 0.29) is 0 Å². The first-order chi connectivity index (χ1) is 10.2. The number of aromatic nitrogens is 3. The third-order valence-electron chi connectivity index (χ3n) is 3.68. The third-order valence-corrected chi connectivity index (χ3v) is 3.68. The van der Waals surface area contributed by atoms with Gasteiger partial charge in [0.1, 0.15) is 5.52 Å². The maximum atomic E-state index is 6.07. The highest BCUT2D eigenvalue weighted by atomic mass is 15.2. The molecule has 4 nitrogen and oxygen atoms in total. The SMILES string of the molecule is CCCCc1ccc(-n2c(N)nc3ccc(C)nc32)cc1. The van der Waals surface area contributed by atoms with E-state index in [2.05, 4.69) is 41.2 Å². The molecule has 2 aromatic heterocycles. The highest BCUT2D eigenvalue weighted by molar-refractivity contribution is 5.77. The molecule has 108 valence electrons. The summed E-state index contributed by atoms with van der Waals surface area (Å²) in [7, 11) is 0. The third kappa shape index (κ3) is 2.61. The fourth-order valence-electron chi connectivity index (χ4n) is 2.52. The van der Waals surface area contributed by atoms with Crippen molar-refractivity contribution in [2.75, 3.05) is 5.73 Å². The fraction of sp³-hybridized carbons (Fsp3) is 0.294. The number of hydrogen-bond acceptors (Lipinski definition) is 3. The molecule has 0 aliphatic rings. The molecule has 0 spiro atoms. The number of aryl methyl sites for hydroxylation is 2. The van der Waals surface area contributed by atoms with Gasteiger partial charge in [0.05, 0.1) is 5.69 Å². The maximum absolute atomic E-state index is 6.07. The van der Waals surface area contributed by atoms with E-state index in [0.717, 1.165) is 29.0 Å². The van der Waals surface area contributed by atoms with Gasteiger partial charge in [0, 0.05) is 5.69 Å². The van der Waals surface area contributed by atoms with Crippen LogP contribution in [0, 0.1) is 6.92 Å². The van der Waals surface area contributed by atoms with Crippen molar-refractivity contribution in [2.45, 2.75) is 33.1 Å². The summed E-state index contributed by atoms with van der Waals surface area (Å²) in [5.74, 6) is 0.476. The molecule has 0 bridgehead atoms. The van der Waals surface area contributed by atoms with Gasteiger partial charge in [-0.25, -0.2) is 9.97 Å². The minimum atomic E-state index is 0.476. The Morgan fingerprint density at radius 2 is 1.81 bits per heavy atom. The summed E-state index contributed by atoms with van der Waals surface area (Å²) in [6.45, 7) is 4.18. The van der Waals surface area contributed by atoms with Crippen LogP contribution in [0.15, 0.2) is 36.4 Å². The molecule has 0 radical (unpaired) electrons. The molecular weight excluding hydrogens is 260 g/mol. The second kappa shape index (κ2) is 5.56. The van der Waals surface area contributed by atoms with E-state index in [4.69, 9.17) is 5.73 Å². The van der Waals surface area contributed by atoms with E-state index in [9.17, 15) is 0 Å². The van der Waals surface area contributed by atoms with Gasteiger partial charge in [0.25, 0.3) is 0 Å². The van der Waals surface area contributed by atoms with Crippen LogP contribution in [0.4, 0.5) is 5.95 Å². The number of nitrogen functional groups attached to an aromatic ring is 1. The molecule has 2 heterocycles. The molecule has 0 fully saturated rings. The van der Waals surface area contributed by atoms with E-state index >= 15 is 0 Å². The molecule has 0 saturated carbocycles. The van der Waals surface area contributed by atoms with E-state index in [0.29, 0.717) is 5.95 Å². The molecule has 21 heavy (non-hydrogen) atoms. The predicted octanol–water partition coefficient (Wildman–Crippen LogP) is 3.65. The van der Waals surface area contributed by atoms with Gasteiger partial charge < -0.3 is 5.73 Å². The van der Waals surface area contributed by atoms with Gasteiger partial charge in [-0.3, -0.25) is 4.57 Å². The summed E-state index contributed by atoms with van der Waals surface area (Å²) in [6.07, 6.45) is 3.55. The van der Waals surface area contributed by atoms with Crippen molar-refractivity contribution in [2.24, 2.45) is 0 Å². The van der Waals surface area contributed by atoms with Gasteiger partial charge >= 0.3 is 0 Å². The Labute approximate surface area is 124 Å². The van der Waals surface area contributed by atoms with Gasteiger partial charge in [-0.2, -0.15) is 0 Å². The Bertz CT molecular complexity index is 756. The van der Waals surface area contributed by atoms with Crippen molar-refractivity contribution in [3.05, 3.63) is 47.7 Å². The quantitative estimate of drug-likeness (QED) is 0.793. The summed E-state index contributed by atoms with van der Waals surface area (Å²) in [5.41, 5.74) is 11.0. The van der Waals surface area contributed by atoms with Crippen molar-refractivity contribution >= 4 is 17.1 Å². The van der Waals surface area contributed by atoms with Gasteiger partial charge in [-0.15, -0.1) is 0 Å². The van der Waals surface area contributed by atoms with Crippen molar-refractivity contribution in [3.8, 4) is 5.69 Å². The summed E-state index contributed by atoms with van der Waals surface area (Å²) < 4.78 is 1.91. The van der Waals surface area contributed by atoms with Crippen molar-refractivity contribution in [1.29, 1.82) is 0 Å². The Balaban J connectivity index is 2.03. The lowest BCUT2D eigenvalue weighted by Crippen LogP contribution is -2.02. The maximum Gasteiger partial charge on any atom is 0.207 e. The zero-order chi connectivity index (χ0) is 14.8. The molecule has 0 aliphatic carbocycles. The van der Waals surface area contributed by atoms with Crippen LogP contribution in [0.25, 0.3) is 16.9 Å². The van der Waals surface area contributed by atoms with Crippen molar-refractivity contribution in [1.82, 2.24) is 14.5 Å². The number of unbranched alkanes of at least 4 members (excludes halogenated alkanes) is 1. The Kier molecular flexibility index (Phi) is 3.60. The molecule has 1 aromatic carbocycles. The fourth-order valence-corrected chi connectivity index (χ4v) is 2.52. The van der Waals surface area contributed by atoms with Crippen LogP contribution in [0.5, 0.6) is 0 Å². The molecule has 3 rings (SSSR count). The minimum absolute atomic E-state index is 0.476. The molecule has 0 atom stereocenters. The lowest BCUT2D eigenvalue weighted by molar-refractivity contribution is 0.795. The smallest absolute Gasteiger partial charge is 0.207 e. The van der Waals surface area contributed by atoms with Crippen LogP contribution in [0.1, 0.15) is 31.0 Å². The van der Waals surface area contributed by atoms with Gasteiger partial charge in [-0.05, 0) is 49.6 Å². The summed E-state index contributed by atoms with van der Waals surface area (Å²) in [4.78, 5) is 8.95. The average Bonchev–Trinajstić information content (AvgIpc) is 2.81. The van der Waals surface area contributed by atoms with E-state index < -0.39 is 0 Å². The first kappa shape index (κ1) is 13.6. The minimum Gasteiger partial charge on any atom is -0.369 e. The second-order valence-corrected chi connectivity index (χ2v) is 5.37. The van der Waals surface area contributed by atoms with Crippen molar-refractivity contribution < 1.29 is 0 Å². The zero-order valence-electron chi connectivity index (χ0n) is 12.5. The predicted molar refractivity (Wildman–Crippen MR) is 86.6 cm³/mol. The van der Waals surface area contributed by atoms with Crippen LogP contribution in [0.2, 0.25) is 0 Å². The van der Waals surface area contributed by atoms with Crippen LogP contribution in [-0.4, -0.2) is 14.5 Å². The number of imidazole rings is 1. The summed E-state index contributed by atoms with van der Waals surface area (Å²) >= 11 is 0. The van der Waals surface area contributed by atoms with Crippen LogP contribution in [0.3, 0.4) is 0 Å². The number of nitrogens with two attached hydrogens (primary N) is 1. The molecule has 0 amide bonds. The zero-order valence-corrected chi connectivity index (χ0v) is 12.5. The average molecular weight is 280 g/mol. The number of nitrogens with zero attached hydrogens (tertiary/aromatic N) is 3. The first-order valence-corrected chi connectivity index (χ1v) is 7.40. The first-order valence-electron chi connectivity index (χ1n) is 7.40. The normalized spacial score (nSPS) is 11.1. The standard InChI is InChI=1S/C17H20N4/c1-3-4-5-13-7-9-14(10-8-13)21-16-15(20-17(21)18)11-6-12(2)19-16/h6-11H,3-5H2,1-2H3,(H2,18,20). The monoisotopic (exact) mass is 280 g/mol. The Hall–Kier alpha value is -2.36. The number of hydrogen-bond donors (Lipinski definition) is 1. The highest BCUT2D eigenvalue weighted by Crippen LogP contribution is 2.22. The second-order valence-electron chi connectivity index (χ2n) is 5.37. The summed E-state index contributed by atoms with van der Waals surface area (Å²) in [6, 6.07) is 12.4. The number of rotatable bonds is 4. The van der Waals surface area contributed by atoms with E-state index in [1.807, 2.05) is 23.6 Å². The number of pyridine rings is 1. The van der Waals surface area contributed by atoms with Gasteiger partial charge in [0.15, 0.2) is 5.65 Å². The molecule has 0 aliphatic heterocycles. The largest absolute Gasteiger partial charge is 0.369 e.